The minimum atomic E-state index is -0.960. The van der Waals surface area contributed by atoms with Crippen molar-refractivity contribution >= 4 is 11.9 Å². The summed E-state index contributed by atoms with van der Waals surface area (Å²) < 4.78 is 5.18. The van der Waals surface area contributed by atoms with Crippen LogP contribution >= 0.6 is 0 Å². The first kappa shape index (κ1) is 20.5. The molecule has 0 aliphatic heterocycles. The van der Waals surface area contributed by atoms with E-state index in [1.54, 1.807) is 31.4 Å². The SMILES string of the molecule is CCN(C(=O)CCc1ccccc1C(=O)O)C(C)Cc1ccc(OC)cc1. The zero-order valence-electron chi connectivity index (χ0n) is 16.1. The highest BCUT2D eigenvalue weighted by Crippen LogP contribution is 2.16. The number of nitrogens with zero attached hydrogens (tertiary/aromatic N) is 1. The molecule has 1 unspecified atom stereocenters. The van der Waals surface area contributed by atoms with E-state index >= 15 is 0 Å². The van der Waals surface area contributed by atoms with E-state index in [1.807, 2.05) is 43.0 Å². The minimum Gasteiger partial charge on any atom is -0.497 e. The highest BCUT2D eigenvalue weighted by atomic mass is 16.5. The number of carbonyl (C=O) groups is 2. The number of hydrogen-bond acceptors (Lipinski definition) is 3. The largest absolute Gasteiger partial charge is 0.497 e. The van der Waals surface area contributed by atoms with Gasteiger partial charge in [0.2, 0.25) is 5.91 Å². The summed E-state index contributed by atoms with van der Waals surface area (Å²) in [6, 6.07) is 14.8. The number of carboxylic acids is 1. The lowest BCUT2D eigenvalue weighted by Gasteiger charge is -2.28. The number of ether oxygens (including phenoxy) is 1. The number of carboxylic acid groups (broad SMARTS) is 1. The molecule has 0 fully saturated rings. The van der Waals surface area contributed by atoms with Gasteiger partial charge in [0.15, 0.2) is 0 Å². The van der Waals surface area contributed by atoms with Gasteiger partial charge in [-0.2, -0.15) is 0 Å². The van der Waals surface area contributed by atoms with E-state index in [4.69, 9.17) is 4.74 Å². The van der Waals surface area contributed by atoms with Crippen molar-refractivity contribution in [3.05, 3.63) is 65.2 Å². The van der Waals surface area contributed by atoms with Crippen molar-refractivity contribution in [1.29, 1.82) is 0 Å². The molecule has 144 valence electrons. The van der Waals surface area contributed by atoms with E-state index in [0.29, 0.717) is 24.9 Å². The van der Waals surface area contributed by atoms with Crippen molar-refractivity contribution in [1.82, 2.24) is 4.90 Å². The molecular weight excluding hydrogens is 342 g/mol. The van der Waals surface area contributed by atoms with Crippen LogP contribution in [0.1, 0.15) is 41.8 Å². The zero-order chi connectivity index (χ0) is 19.8. The van der Waals surface area contributed by atoms with E-state index in [1.165, 1.54) is 0 Å². The number of aromatic carboxylic acids is 1. The van der Waals surface area contributed by atoms with Crippen molar-refractivity contribution in [3.8, 4) is 5.75 Å². The first-order chi connectivity index (χ1) is 13.0. The Labute approximate surface area is 160 Å². The van der Waals surface area contributed by atoms with Gasteiger partial charge in [0.05, 0.1) is 12.7 Å². The number of carbonyl (C=O) groups excluding carboxylic acids is 1. The van der Waals surface area contributed by atoms with Crippen LogP contribution in [0.4, 0.5) is 0 Å². The summed E-state index contributed by atoms with van der Waals surface area (Å²) in [4.78, 5) is 25.9. The van der Waals surface area contributed by atoms with Crippen LogP contribution in [-0.2, 0) is 17.6 Å². The molecule has 2 rings (SSSR count). The molecule has 0 aromatic heterocycles. The average Bonchev–Trinajstić information content (AvgIpc) is 2.67. The number of hydrogen-bond donors (Lipinski definition) is 1. The summed E-state index contributed by atoms with van der Waals surface area (Å²) in [6.07, 6.45) is 1.48. The molecule has 5 heteroatoms. The lowest BCUT2D eigenvalue weighted by atomic mass is 10.0. The molecule has 0 aliphatic carbocycles. The van der Waals surface area contributed by atoms with E-state index in [-0.39, 0.29) is 17.5 Å². The Kier molecular flexibility index (Phi) is 7.41. The second kappa shape index (κ2) is 9.76. The third-order valence-electron chi connectivity index (χ3n) is 4.74. The number of methoxy groups -OCH3 is 1. The predicted molar refractivity (Wildman–Crippen MR) is 105 cm³/mol. The molecular formula is C22H27NO4. The molecule has 5 nitrogen and oxygen atoms in total. The lowest BCUT2D eigenvalue weighted by molar-refractivity contribution is -0.132. The zero-order valence-corrected chi connectivity index (χ0v) is 16.1. The number of rotatable bonds is 9. The van der Waals surface area contributed by atoms with E-state index < -0.39 is 5.97 Å². The topological polar surface area (TPSA) is 66.8 Å². The van der Waals surface area contributed by atoms with Gasteiger partial charge in [0.25, 0.3) is 0 Å². The van der Waals surface area contributed by atoms with Gasteiger partial charge in [-0.25, -0.2) is 4.79 Å². The van der Waals surface area contributed by atoms with Crippen LogP contribution in [-0.4, -0.2) is 41.6 Å². The van der Waals surface area contributed by atoms with E-state index in [9.17, 15) is 14.7 Å². The molecule has 27 heavy (non-hydrogen) atoms. The van der Waals surface area contributed by atoms with Gasteiger partial charge in [-0.1, -0.05) is 30.3 Å². The summed E-state index contributed by atoms with van der Waals surface area (Å²) in [5, 5.41) is 9.27. The minimum absolute atomic E-state index is 0.0405. The number of benzene rings is 2. The smallest absolute Gasteiger partial charge is 0.335 e. The Balaban J connectivity index is 1.99. The fourth-order valence-corrected chi connectivity index (χ4v) is 3.28. The second-order valence-electron chi connectivity index (χ2n) is 6.54. The summed E-state index contributed by atoms with van der Waals surface area (Å²) in [5.41, 5.74) is 2.10. The van der Waals surface area contributed by atoms with Crippen LogP contribution in [0.3, 0.4) is 0 Å². The van der Waals surface area contributed by atoms with Gasteiger partial charge in [0, 0.05) is 19.0 Å². The molecule has 2 aromatic rings. The van der Waals surface area contributed by atoms with Crippen LogP contribution in [0.25, 0.3) is 0 Å². The van der Waals surface area contributed by atoms with Gasteiger partial charge < -0.3 is 14.7 Å². The van der Waals surface area contributed by atoms with Gasteiger partial charge in [-0.05, 0) is 56.0 Å². The van der Waals surface area contributed by atoms with E-state index in [2.05, 4.69) is 0 Å². The molecule has 0 aliphatic rings. The Bertz CT molecular complexity index is 770. The van der Waals surface area contributed by atoms with Crippen LogP contribution in [0.2, 0.25) is 0 Å². The summed E-state index contributed by atoms with van der Waals surface area (Å²) in [7, 11) is 1.64. The first-order valence-electron chi connectivity index (χ1n) is 9.19. The Hall–Kier alpha value is -2.82. The van der Waals surface area contributed by atoms with Crippen molar-refractivity contribution in [3.63, 3.8) is 0 Å². The van der Waals surface area contributed by atoms with Crippen molar-refractivity contribution in [2.24, 2.45) is 0 Å². The van der Waals surface area contributed by atoms with Crippen molar-refractivity contribution < 1.29 is 19.4 Å². The molecule has 0 saturated heterocycles. The molecule has 1 atom stereocenters. The monoisotopic (exact) mass is 369 g/mol. The maximum Gasteiger partial charge on any atom is 0.335 e. The van der Waals surface area contributed by atoms with Crippen LogP contribution in [0.5, 0.6) is 5.75 Å². The van der Waals surface area contributed by atoms with Gasteiger partial charge in [0.1, 0.15) is 5.75 Å². The molecule has 0 spiro atoms. The Morgan fingerprint density at radius 1 is 1.11 bits per heavy atom. The van der Waals surface area contributed by atoms with Gasteiger partial charge >= 0.3 is 5.97 Å². The third-order valence-corrected chi connectivity index (χ3v) is 4.74. The fraction of sp³-hybridized carbons (Fsp3) is 0.364. The van der Waals surface area contributed by atoms with Crippen molar-refractivity contribution in [2.45, 2.75) is 39.2 Å². The van der Waals surface area contributed by atoms with Gasteiger partial charge in [-0.15, -0.1) is 0 Å². The highest BCUT2D eigenvalue weighted by molar-refractivity contribution is 5.89. The second-order valence-corrected chi connectivity index (χ2v) is 6.54. The Morgan fingerprint density at radius 3 is 2.37 bits per heavy atom. The van der Waals surface area contributed by atoms with Crippen LogP contribution in [0.15, 0.2) is 48.5 Å². The molecule has 0 radical (unpaired) electrons. The number of likely N-dealkylation sites (N-methyl/N-ethyl adjacent to an activating group) is 1. The molecule has 2 aromatic carbocycles. The average molecular weight is 369 g/mol. The van der Waals surface area contributed by atoms with E-state index in [0.717, 1.165) is 17.7 Å². The summed E-state index contributed by atoms with van der Waals surface area (Å²) in [6.45, 7) is 4.63. The lowest BCUT2D eigenvalue weighted by Crippen LogP contribution is -2.39. The quantitative estimate of drug-likeness (QED) is 0.730. The van der Waals surface area contributed by atoms with Crippen LogP contribution < -0.4 is 4.74 Å². The first-order valence-corrected chi connectivity index (χ1v) is 9.19. The van der Waals surface area contributed by atoms with Crippen molar-refractivity contribution in [2.75, 3.05) is 13.7 Å². The third kappa shape index (κ3) is 5.58. The highest BCUT2D eigenvalue weighted by Gasteiger charge is 2.19. The maximum atomic E-state index is 12.7. The number of aryl methyl sites for hydroxylation is 1. The van der Waals surface area contributed by atoms with Crippen LogP contribution in [0, 0.1) is 0 Å². The van der Waals surface area contributed by atoms with Gasteiger partial charge in [-0.3, -0.25) is 4.79 Å². The summed E-state index contributed by atoms with van der Waals surface area (Å²) >= 11 is 0. The standard InChI is InChI=1S/C22H27NO4/c1-4-23(16(2)15-17-9-12-19(27-3)13-10-17)21(24)14-11-18-7-5-6-8-20(18)22(25)26/h5-10,12-13,16H,4,11,14-15H2,1-3H3,(H,25,26). The molecule has 0 heterocycles. The maximum absolute atomic E-state index is 12.7. The molecule has 0 saturated carbocycles. The fourth-order valence-electron chi connectivity index (χ4n) is 3.28. The molecule has 1 amide bonds. The molecule has 1 N–H and O–H groups in total. The molecule has 0 bridgehead atoms. The normalized spacial score (nSPS) is 11.7. The Morgan fingerprint density at radius 2 is 1.78 bits per heavy atom. The number of amides is 1. The predicted octanol–water partition coefficient (Wildman–Crippen LogP) is 3.81. The summed E-state index contributed by atoms with van der Waals surface area (Å²) in [5.74, 6) is -0.108.